The van der Waals surface area contributed by atoms with Gasteiger partial charge in [-0.2, -0.15) is 26.3 Å². The van der Waals surface area contributed by atoms with Gasteiger partial charge in [0.05, 0.1) is 16.4 Å². The maximum absolute atomic E-state index is 12.9. The van der Waals surface area contributed by atoms with E-state index in [9.17, 15) is 26.3 Å². The van der Waals surface area contributed by atoms with Gasteiger partial charge in [0, 0.05) is 4.90 Å². The summed E-state index contributed by atoms with van der Waals surface area (Å²) in [5, 5.41) is -0.435. The summed E-state index contributed by atoms with van der Waals surface area (Å²) in [4.78, 5) is 4.49. The van der Waals surface area contributed by atoms with E-state index in [0.29, 0.717) is 11.3 Å². The topological polar surface area (TPSA) is 26.0 Å². The lowest BCUT2D eigenvalue weighted by Gasteiger charge is -2.12. The van der Waals surface area contributed by atoms with Crippen LogP contribution >= 0.6 is 11.8 Å². The molecule has 0 bridgehead atoms. The molecule has 27 heavy (non-hydrogen) atoms. The fourth-order valence-corrected chi connectivity index (χ4v) is 3.53. The number of halogens is 6. The summed E-state index contributed by atoms with van der Waals surface area (Å²) in [7, 11) is 0. The van der Waals surface area contributed by atoms with Crippen LogP contribution < -0.4 is 0 Å². The summed E-state index contributed by atoms with van der Waals surface area (Å²) in [6, 6.07) is 7.83. The van der Waals surface area contributed by atoms with E-state index in [1.54, 1.807) is 6.92 Å². The van der Waals surface area contributed by atoms with Gasteiger partial charge in [-0.25, -0.2) is 4.98 Å². The maximum atomic E-state index is 12.9. The van der Waals surface area contributed by atoms with Crippen LogP contribution in [0, 0.1) is 0 Å². The Morgan fingerprint density at radius 2 is 1.63 bits per heavy atom. The fourth-order valence-electron chi connectivity index (χ4n) is 2.48. The zero-order valence-corrected chi connectivity index (χ0v) is 14.7. The second-order valence-electron chi connectivity index (χ2n) is 5.77. The Labute approximate surface area is 154 Å². The predicted molar refractivity (Wildman–Crippen MR) is 89.3 cm³/mol. The van der Waals surface area contributed by atoms with E-state index in [1.807, 2.05) is 0 Å². The minimum absolute atomic E-state index is 0.0583. The highest BCUT2D eigenvalue weighted by Gasteiger charge is 2.32. The molecule has 0 aliphatic heterocycles. The Kier molecular flexibility index (Phi) is 5.16. The number of hydrogen-bond donors (Lipinski definition) is 0. The van der Waals surface area contributed by atoms with Crippen LogP contribution in [0.4, 0.5) is 26.3 Å². The minimum Gasteiger partial charge on any atom is -0.439 e. The van der Waals surface area contributed by atoms with Crippen LogP contribution in [0.15, 0.2) is 51.8 Å². The highest BCUT2D eigenvalue weighted by atomic mass is 32.2. The Morgan fingerprint density at radius 3 is 2.26 bits per heavy atom. The number of oxazole rings is 1. The van der Waals surface area contributed by atoms with Crippen molar-refractivity contribution in [1.82, 2.24) is 4.98 Å². The van der Waals surface area contributed by atoms with Crippen molar-refractivity contribution in [3.05, 3.63) is 59.5 Å². The van der Waals surface area contributed by atoms with Crippen molar-refractivity contribution in [2.75, 3.05) is 0 Å². The summed E-state index contributed by atoms with van der Waals surface area (Å²) in [5.41, 5.74) is -1.35. The molecule has 9 heteroatoms. The normalized spacial score (nSPS) is 13.9. The lowest BCUT2D eigenvalue weighted by Crippen LogP contribution is -2.04. The van der Waals surface area contributed by atoms with E-state index in [0.717, 1.165) is 36.0 Å². The molecule has 0 aliphatic rings. The summed E-state index contributed by atoms with van der Waals surface area (Å²) < 4.78 is 82.5. The smallest absolute Gasteiger partial charge is 0.416 e. The Hall–Kier alpha value is -2.16. The molecule has 1 aromatic heterocycles. The molecule has 0 N–H and O–H groups in total. The second kappa shape index (κ2) is 7.10. The zero-order valence-electron chi connectivity index (χ0n) is 13.9. The van der Waals surface area contributed by atoms with Crippen molar-refractivity contribution in [2.24, 2.45) is 0 Å². The van der Waals surface area contributed by atoms with Crippen LogP contribution in [0.25, 0.3) is 11.1 Å². The van der Waals surface area contributed by atoms with Gasteiger partial charge in [-0.05, 0) is 42.8 Å². The quantitative estimate of drug-likeness (QED) is 0.342. The number of benzene rings is 2. The minimum atomic E-state index is -4.50. The first-order chi connectivity index (χ1) is 12.6. The van der Waals surface area contributed by atoms with Crippen molar-refractivity contribution in [2.45, 2.75) is 35.8 Å². The maximum Gasteiger partial charge on any atom is 0.416 e. The number of aromatic nitrogens is 1. The first-order valence-corrected chi connectivity index (χ1v) is 8.77. The molecular formula is C18H13F6NOS. The molecule has 1 heterocycles. The van der Waals surface area contributed by atoms with E-state index >= 15 is 0 Å². The van der Waals surface area contributed by atoms with Gasteiger partial charge < -0.3 is 4.42 Å². The Morgan fingerprint density at radius 1 is 0.963 bits per heavy atom. The third-order valence-corrected chi connectivity index (χ3v) is 5.16. The fraction of sp³-hybridized carbons (Fsp3) is 0.278. The molecule has 0 radical (unpaired) electrons. The molecule has 3 rings (SSSR count). The van der Waals surface area contributed by atoms with Crippen molar-refractivity contribution in [3.8, 4) is 0 Å². The van der Waals surface area contributed by atoms with Gasteiger partial charge in [-0.1, -0.05) is 13.0 Å². The second-order valence-corrected chi connectivity index (χ2v) is 7.05. The van der Waals surface area contributed by atoms with Crippen molar-refractivity contribution in [1.29, 1.82) is 0 Å². The Balaban J connectivity index is 1.90. The van der Waals surface area contributed by atoms with Crippen molar-refractivity contribution >= 4 is 22.9 Å². The zero-order chi connectivity index (χ0) is 19.8. The number of thioether (sulfide) groups is 1. The number of alkyl halides is 6. The largest absolute Gasteiger partial charge is 0.439 e. The van der Waals surface area contributed by atoms with Gasteiger partial charge in [0.15, 0.2) is 5.58 Å². The number of hydrogen-bond acceptors (Lipinski definition) is 3. The van der Waals surface area contributed by atoms with E-state index < -0.39 is 28.7 Å². The van der Waals surface area contributed by atoms with Gasteiger partial charge in [0.1, 0.15) is 5.52 Å². The van der Waals surface area contributed by atoms with Crippen LogP contribution in [0.5, 0.6) is 0 Å². The molecule has 3 aromatic rings. The summed E-state index contributed by atoms with van der Waals surface area (Å²) >= 11 is 1.12. The molecule has 2 nitrogen and oxygen atoms in total. The van der Waals surface area contributed by atoms with Crippen LogP contribution in [0.2, 0.25) is 0 Å². The molecule has 0 fully saturated rings. The summed E-state index contributed by atoms with van der Waals surface area (Å²) in [5.74, 6) is 0.175. The number of nitrogens with zero attached hydrogens (tertiary/aromatic N) is 1. The molecule has 0 aliphatic carbocycles. The molecular weight excluding hydrogens is 392 g/mol. The van der Waals surface area contributed by atoms with Crippen LogP contribution in [-0.2, 0) is 12.4 Å². The van der Waals surface area contributed by atoms with Crippen molar-refractivity contribution in [3.63, 3.8) is 0 Å². The average molecular weight is 405 g/mol. The molecule has 0 amide bonds. The third kappa shape index (κ3) is 4.40. The summed E-state index contributed by atoms with van der Waals surface area (Å²) in [6.45, 7) is 1.79. The highest BCUT2D eigenvalue weighted by Crippen LogP contribution is 2.41. The number of fused-ring (bicyclic) bond motifs is 1. The van der Waals surface area contributed by atoms with E-state index in [1.165, 1.54) is 18.2 Å². The van der Waals surface area contributed by atoms with Gasteiger partial charge in [0.2, 0.25) is 5.89 Å². The van der Waals surface area contributed by atoms with Crippen LogP contribution in [0.1, 0.15) is 35.6 Å². The van der Waals surface area contributed by atoms with Gasteiger partial charge in [0.25, 0.3) is 0 Å². The monoisotopic (exact) mass is 405 g/mol. The van der Waals surface area contributed by atoms with Gasteiger partial charge in [-0.3, -0.25) is 0 Å². The average Bonchev–Trinajstić information content (AvgIpc) is 3.01. The van der Waals surface area contributed by atoms with Gasteiger partial charge >= 0.3 is 12.4 Å². The van der Waals surface area contributed by atoms with Gasteiger partial charge in [-0.15, -0.1) is 11.8 Å². The van der Waals surface area contributed by atoms with E-state index in [-0.39, 0.29) is 17.0 Å². The lowest BCUT2D eigenvalue weighted by molar-refractivity contribution is -0.138. The molecule has 1 unspecified atom stereocenters. The predicted octanol–water partition coefficient (Wildman–Crippen LogP) is 7.11. The standard InChI is InChI=1S/C18H13F6NOS/c1-2-15(27-12-5-3-4-10(8-12)17(19,20)21)16-25-13-9-11(18(22,23)24)6-7-14(13)26-16/h3-9,15H,2H2,1H3. The van der Waals surface area contributed by atoms with Crippen LogP contribution in [0.3, 0.4) is 0 Å². The molecule has 0 saturated carbocycles. The highest BCUT2D eigenvalue weighted by molar-refractivity contribution is 7.99. The Bertz CT molecular complexity index is 947. The molecule has 144 valence electrons. The lowest BCUT2D eigenvalue weighted by atomic mass is 10.2. The van der Waals surface area contributed by atoms with Crippen LogP contribution in [-0.4, -0.2) is 4.98 Å². The van der Waals surface area contributed by atoms with E-state index in [4.69, 9.17) is 4.42 Å². The molecule has 2 aromatic carbocycles. The molecule has 1 atom stereocenters. The van der Waals surface area contributed by atoms with Crippen molar-refractivity contribution < 1.29 is 30.8 Å². The van der Waals surface area contributed by atoms with E-state index in [2.05, 4.69) is 4.98 Å². The summed E-state index contributed by atoms with van der Waals surface area (Å²) in [6.07, 6.45) is -8.48. The first kappa shape index (κ1) is 19.6. The molecule has 0 saturated heterocycles. The first-order valence-electron chi connectivity index (χ1n) is 7.89. The SMILES string of the molecule is CCC(Sc1cccc(C(F)(F)F)c1)c1nc2cc(C(F)(F)F)ccc2o1. The number of rotatable bonds is 4. The third-order valence-electron chi connectivity index (χ3n) is 3.82. The molecule has 0 spiro atoms.